The summed E-state index contributed by atoms with van der Waals surface area (Å²) < 4.78 is 0. The minimum absolute atomic E-state index is 0.0394. The van der Waals surface area contributed by atoms with Crippen molar-refractivity contribution in [3.05, 3.63) is 28.5 Å². The molecule has 0 bridgehead atoms. The third-order valence-corrected chi connectivity index (χ3v) is 1.87. The van der Waals surface area contributed by atoms with Crippen LogP contribution in [0.2, 0.25) is 0 Å². The van der Waals surface area contributed by atoms with Gasteiger partial charge in [0, 0.05) is 0 Å². The Hall–Kier alpha value is -1.27. The molecular formula is C7H5NOS. The third-order valence-electron chi connectivity index (χ3n) is 0.975. The molecule has 0 spiro atoms. The maximum atomic E-state index is 9.06. The molecule has 2 nitrogen and oxygen atoms in total. The molecule has 1 rings (SSSR count). The van der Waals surface area contributed by atoms with Crippen LogP contribution in [0.25, 0.3) is 5.76 Å². The number of hydrogen-bond donors (Lipinski definition) is 1. The molecule has 1 aromatic rings. The fourth-order valence-corrected chi connectivity index (χ4v) is 1.20. The highest BCUT2D eigenvalue weighted by Crippen LogP contribution is 2.16. The molecule has 10 heavy (non-hydrogen) atoms. The summed E-state index contributed by atoms with van der Waals surface area (Å²) in [6.07, 6.45) is 1.12. The third kappa shape index (κ3) is 1.36. The van der Waals surface area contributed by atoms with Crippen molar-refractivity contribution in [3.8, 4) is 6.07 Å². The lowest BCUT2D eigenvalue weighted by molar-refractivity contribution is 0.514. The highest BCUT2D eigenvalue weighted by molar-refractivity contribution is 7.11. The SMILES string of the molecule is N#C/C=C(\O)c1cccs1. The van der Waals surface area contributed by atoms with Crippen LogP contribution < -0.4 is 0 Å². The van der Waals surface area contributed by atoms with Crippen molar-refractivity contribution in [1.82, 2.24) is 0 Å². The summed E-state index contributed by atoms with van der Waals surface area (Å²) in [5.41, 5.74) is 0. The van der Waals surface area contributed by atoms with Gasteiger partial charge in [-0.25, -0.2) is 0 Å². The average Bonchev–Trinajstić information content (AvgIpc) is 2.38. The zero-order chi connectivity index (χ0) is 7.40. The first kappa shape index (κ1) is 6.84. The molecule has 0 fully saturated rings. The van der Waals surface area contributed by atoms with E-state index in [9.17, 15) is 0 Å². The lowest BCUT2D eigenvalue weighted by Gasteiger charge is -1.88. The van der Waals surface area contributed by atoms with Gasteiger partial charge in [-0.3, -0.25) is 0 Å². The van der Waals surface area contributed by atoms with Crippen LogP contribution in [-0.4, -0.2) is 5.11 Å². The number of allylic oxidation sites excluding steroid dienone is 1. The highest BCUT2D eigenvalue weighted by atomic mass is 32.1. The van der Waals surface area contributed by atoms with Crippen molar-refractivity contribution in [2.75, 3.05) is 0 Å². The van der Waals surface area contributed by atoms with Crippen molar-refractivity contribution in [3.63, 3.8) is 0 Å². The summed E-state index contributed by atoms with van der Waals surface area (Å²) in [4.78, 5) is 0.724. The van der Waals surface area contributed by atoms with Gasteiger partial charge >= 0.3 is 0 Å². The Morgan fingerprint density at radius 2 is 2.60 bits per heavy atom. The Morgan fingerprint density at radius 1 is 1.80 bits per heavy atom. The van der Waals surface area contributed by atoms with E-state index in [1.54, 1.807) is 12.1 Å². The molecule has 1 aromatic heterocycles. The Kier molecular flexibility index (Phi) is 2.08. The Morgan fingerprint density at radius 3 is 3.10 bits per heavy atom. The van der Waals surface area contributed by atoms with E-state index in [0.29, 0.717) is 0 Å². The van der Waals surface area contributed by atoms with Crippen LogP contribution in [0.3, 0.4) is 0 Å². The van der Waals surface area contributed by atoms with E-state index >= 15 is 0 Å². The van der Waals surface area contributed by atoms with Gasteiger partial charge in [0.25, 0.3) is 0 Å². The summed E-state index contributed by atoms with van der Waals surface area (Å²) in [5.74, 6) is 0.0394. The zero-order valence-electron chi connectivity index (χ0n) is 5.11. The van der Waals surface area contributed by atoms with Crippen molar-refractivity contribution >= 4 is 17.1 Å². The number of aliphatic hydroxyl groups is 1. The standard InChI is InChI=1S/C7H5NOS/c8-4-3-6(9)7-2-1-5-10-7/h1-3,5,9H/b6-3-. The number of nitriles is 1. The topological polar surface area (TPSA) is 44.0 Å². The van der Waals surface area contributed by atoms with Gasteiger partial charge in [0.2, 0.25) is 0 Å². The Labute approximate surface area is 62.7 Å². The molecule has 1 N–H and O–H groups in total. The fraction of sp³-hybridized carbons (Fsp3) is 0. The maximum absolute atomic E-state index is 9.06. The fourth-order valence-electron chi connectivity index (χ4n) is 0.557. The van der Waals surface area contributed by atoms with Gasteiger partial charge in [0.05, 0.1) is 17.0 Å². The van der Waals surface area contributed by atoms with Crippen LogP contribution in [0.4, 0.5) is 0 Å². The Balaban J connectivity index is 2.90. The van der Waals surface area contributed by atoms with Crippen molar-refractivity contribution in [2.24, 2.45) is 0 Å². The van der Waals surface area contributed by atoms with Crippen LogP contribution in [0, 0.1) is 11.3 Å². The summed E-state index contributed by atoms with van der Waals surface area (Å²) in [6, 6.07) is 5.33. The van der Waals surface area contributed by atoms with Gasteiger partial charge in [-0.05, 0) is 11.4 Å². The minimum Gasteiger partial charge on any atom is -0.506 e. The first-order chi connectivity index (χ1) is 4.84. The molecule has 0 aromatic carbocycles. The van der Waals surface area contributed by atoms with Crippen LogP contribution in [-0.2, 0) is 0 Å². The molecule has 0 saturated carbocycles. The lowest BCUT2D eigenvalue weighted by atomic mass is 10.4. The summed E-state index contributed by atoms with van der Waals surface area (Å²) in [5, 5.41) is 19.1. The molecule has 0 amide bonds. The number of aliphatic hydroxyl groups excluding tert-OH is 1. The molecule has 3 heteroatoms. The first-order valence-electron chi connectivity index (χ1n) is 2.67. The second-order valence-electron chi connectivity index (χ2n) is 1.64. The first-order valence-corrected chi connectivity index (χ1v) is 3.55. The minimum atomic E-state index is 0.0394. The molecule has 1 heterocycles. The Bertz CT molecular complexity index is 268. The summed E-state index contributed by atoms with van der Waals surface area (Å²) >= 11 is 1.40. The van der Waals surface area contributed by atoms with E-state index in [4.69, 9.17) is 10.4 Å². The molecule has 0 atom stereocenters. The normalized spacial score (nSPS) is 10.9. The van der Waals surface area contributed by atoms with Gasteiger partial charge in [-0.1, -0.05) is 6.07 Å². The van der Waals surface area contributed by atoms with E-state index in [0.717, 1.165) is 11.0 Å². The van der Waals surface area contributed by atoms with E-state index in [1.807, 2.05) is 11.4 Å². The molecule has 0 saturated heterocycles. The van der Waals surface area contributed by atoms with Crippen LogP contribution in [0.15, 0.2) is 23.6 Å². The van der Waals surface area contributed by atoms with Gasteiger partial charge in [-0.15, -0.1) is 11.3 Å². The molecule has 0 unspecified atom stereocenters. The van der Waals surface area contributed by atoms with Crippen molar-refractivity contribution in [1.29, 1.82) is 5.26 Å². The number of thiophene rings is 1. The largest absolute Gasteiger partial charge is 0.506 e. The van der Waals surface area contributed by atoms with Crippen molar-refractivity contribution in [2.45, 2.75) is 0 Å². The quantitative estimate of drug-likeness (QED) is 0.493. The van der Waals surface area contributed by atoms with Crippen molar-refractivity contribution < 1.29 is 5.11 Å². The molecule has 0 aliphatic rings. The molecule has 0 radical (unpaired) electrons. The second-order valence-corrected chi connectivity index (χ2v) is 2.58. The van der Waals surface area contributed by atoms with Gasteiger partial charge in [-0.2, -0.15) is 5.26 Å². The predicted octanol–water partition coefficient (Wildman–Crippen LogP) is 2.17. The van der Waals surface area contributed by atoms with Crippen LogP contribution in [0.1, 0.15) is 4.88 Å². The smallest absolute Gasteiger partial charge is 0.143 e. The van der Waals surface area contributed by atoms with Gasteiger partial charge in [0.1, 0.15) is 5.76 Å². The van der Waals surface area contributed by atoms with E-state index in [-0.39, 0.29) is 5.76 Å². The monoisotopic (exact) mass is 151 g/mol. The molecule has 50 valence electrons. The molecular weight excluding hydrogens is 146 g/mol. The second kappa shape index (κ2) is 3.04. The summed E-state index contributed by atoms with van der Waals surface area (Å²) in [6.45, 7) is 0. The average molecular weight is 151 g/mol. The predicted molar refractivity (Wildman–Crippen MR) is 40.5 cm³/mol. The number of rotatable bonds is 1. The van der Waals surface area contributed by atoms with Gasteiger partial charge < -0.3 is 5.11 Å². The van der Waals surface area contributed by atoms with Crippen LogP contribution >= 0.6 is 11.3 Å². The molecule has 0 aliphatic heterocycles. The van der Waals surface area contributed by atoms with Crippen LogP contribution in [0.5, 0.6) is 0 Å². The number of hydrogen-bond acceptors (Lipinski definition) is 3. The van der Waals surface area contributed by atoms with Gasteiger partial charge in [0.15, 0.2) is 0 Å². The highest BCUT2D eigenvalue weighted by Gasteiger charge is 1.96. The van der Waals surface area contributed by atoms with E-state index in [1.165, 1.54) is 11.3 Å². The lowest BCUT2D eigenvalue weighted by Crippen LogP contribution is -1.72. The van der Waals surface area contributed by atoms with E-state index < -0.39 is 0 Å². The summed E-state index contributed by atoms with van der Waals surface area (Å²) in [7, 11) is 0. The maximum Gasteiger partial charge on any atom is 0.143 e. The molecule has 0 aliphatic carbocycles. The zero-order valence-corrected chi connectivity index (χ0v) is 5.93. The van der Waals surface area contributed by atoms with E-state index in [2.05, 4.69) is 0 Å². The number of nitrogens with zero attached hydrogens (tertiary/aromatic N) is 1.